The highest BCUT2D eigenvalue weighted by Crippen LogP contribution is 2.46. The van der Waals surface area contributed by atoms with Crippen molar-refractivity contribution in [3.63, 3.8) is 0 Å². The summed E-state index contributed by atoms with van der Waals surface area (Å²) in [4.78, 5) is 0. The van der Waals surface area contributed by atoms with Gasteiger partial charge >= 0.3 is 18.0 Å². The molecule has 0 N–H and O–H groups in total. The van der Waals surface area contributed by atoms with Crippen molar-refractivity contribution in [3.8, 4) is 5.75 Å². The standard InChI is InChI=1S/C10H8F6O4S/c11-9(12,13)8(10(14,15)16,6-21(17,18)19)20-7-4-2-1-3-5-7/h1-5H,6H2,(H,17,18,19)/p-1. The number of alkyl halides is 6. The predicted octanol–water partition coefficient (Wildman–Crippen LogP) is 2.47. The normalized spacial score (nSPS) is 14.0. The molecule has 11 heteroatoms. The average molecular weight is 337 g/mol. The van der Waals surface area contributed by atoms with Gasteiger partial charge in [0.15, 0.2) is 0 Å². The predicted molar refractivity (Wildman–Crippen MR) is 56.5 cm³/mol. The zero-order valence-corrected chi connectivity index (χ0v) is 10.7. The van der Waals surface area contributed by atoms with Crippen molar-refractivity contribution >= 4 is 10.1 Å². The van der Waals surface area contributed by atoms with Gasteiger partial charge in [-0.05, 0) is 12.1 Å². The fourth-order valence-corrected chi connectivity index (χ4v) is 2.29. The quantitative estimate of drug-likeness (QED) is 0.625. The van der Waals surface area contributed by atoms with Gasteiger partial charge in [-0.1, -0.05) is 18.2 Å². The van der Waals surface area contributed by atoms with Crippen LogP contribution >= 0.6 is 0 Å². The maximum absolute atomic E-state index is 12.8. The molecule has 0 atom stereocenters. The summed E-state index contributed by atoms with van der Waals surface area (Å²) < 4.78 is 112. The van der Waals surface area contributed by atoms with Crippen LogP contribution in [0.4, 0.5) is 26.3 Å². The highest BCUT2D eigenvalue weighted by molar-refractivity contribution is 7.85. The summed E-state index contributed by atoms with van der Waals surface area (Å²) in [5.41, 5.74) is -5.14. The summed E-state index contributed by atoms with van der Waals surface area (Å²) in [5.74, 6) is -3.70. The van der Waals surface area contributed by atoms with Gasteiger partial charge in [0, 0.05) is 0 Å². The molecule has 1 aromatic carbocycles. The molecule has 0 aliphatic carbocycles. The molecule has 0 heterocycles. The molecule has 0 unspecified atom stereocenters. The monoisotopic (exact) mass is 337 g/mol. The van der Waals surface area contributed by atoms with E-state index in [1.807, 2.05) is 0 Å². The second-order valence-electron chi connectivity index (χ2n) is 3.94. The van der Waals surface area contributed by atoms with E-state index in [1.165, 1.54) is 6.07 Å². The molecule has 0 radical (unpaired) electrons. The summed E-state index contributed by atoms with van der Waals surface area (Å²) in [6.45, 7) is 0. The number of para-hydroxylation sites is 1. The van der Waals surface area contributed by atoms with Crippen LogP contribution in [-0.4, -0.2) is 36.7 Å². The largest absolute Gasteiger partial charge is 0.748 e. The molecule has 0 saturated heterocycles. The second kappa shape index (κ2) is 5.37. The molecule has 4 nitrogen and oxygen atoms in total. The number of rotatable bonds is 4. The third-order valence-corrected chi connectivity index (χ3v) is 3.09. The van der Waals surface area contributed by atoms with E-state index in [2.05, 4.69) is 4.74 Å². The fraction of sp³-hybridized carbons (Fsp3) is 0.400. The topological polar surface area (TPSA) is 66.4 Å². The van der Waals surface area contributed by atoms with Gasteiger partial charge in [-0.3, -0.25) is 0 Å². The van der Waals surface area contributed by atoms with E-state index < -0.39 is 39.6 Å². The van der Waals surface area contributed by atoms with Crippen molar-refractivity contribution in [1.82, 2.24) is 0 Å². The SMILES string of the molecule is O=S(=O)([O-])CC(Oc1ccccc1)(C(F)(F)F)C(F)(F)F. The first-order valence-electron chi connectivity index (χ1n) is 5.10. The van der Waals surface area contributed by atoms with E-state index in [4.69, 9.17) is 0 Å². The highest BCUT2D eigenvalue weighted by atomic mass is 32.2. The molecular weight excluding hydrogens is 330 g/mol. The second-order valence-corrected chi connectivity index (χ2v) is 5.34. The Bertz CT molecular complexity index is 564. The molecule has 120 valence electrons. The third kappa shape index (κ3) is 4.00. The summed E-state index contributed by atoms with van der Waals surface area (Å²) in [6.07, 6.45) is -12.3. The van der Waals surface area contributed by atoms with Crippen LogP contribution in [0.15, 0.2) is 30.3 Å². The Morgan fingerprint density at radius 3 is 1.71 bits per heavy atom. The fourth-order valence-electron chi connectivity index (χ4n) is 1.41. The minimum atomic E-state index is -6.17. The first kappa shape index (κ1) is 17.6. The Hall–Kier alpha value is -1.49. The maximum atomic E-state index is 12.8. The molecule has 0 spiro atoms. The lowest BCUT2D eigenvalue weighted by Crippen LogP contribution is -2.64. The molecule has 21 heavy (non-hydrogen) atoms. The summed E-state index contributed by atoms with van der Waals surface area (Å²) >= 11 is 0. The van der Waals surface area contributed by atoms with Crippen molar-refractivity contribution in [2.24, 2.45) is 0 Å². The smallest absolute Gasteiger partial charge is 0.438 e. The van der Waals surface area contributed by atoms with Crippen molar-refractivity contribution in [2.45, 2.75) is 18.0 Å². The third-order valence-electron chi connectivity index (χ3n) is 2.33. The first-order valence-corrected chi connectivity index (χ1v) is 6.67. The minimum Gasteiger partial charge on any atom is -0.748 e. The minimum absolute atomic E-state index is 0.768. The molecular formula is C10H7F6O4S-. The lowest BCUT2D eigenvalue weighted by molar-refractivity contribution is -0.348. The van der Waals surface area contributed by atoms with Gasteiger partial charge in [-0.15, -0.1) is 0 Å². The van der Waals surface area contributed by atoms with Crippen molar-refractivity contribution in [2.75, 3.05) is 5.75 Å². The van der Waals surface area contributed by atoms with E-state index in [9.17, 15) is 39.3 Å². The Kier molecular flexibility index (Phi) is 4.49. The molecule has 0 aliphatic rings. The Balaban J connectivity index is 3.45. The number of hydrogen-bond acceptors (Lipinski definition) is 4. The molecule has 0 amide bonds. The van der Waals surface area contributed by atoms with Gasteiger partial charge in [0.05, 0.1) is 15.9 Å². The van der Waals surface area contributed by atoms with E-state index in [1.54, 1.807) is 0 Å². The first-order chi connectivity index (χ1) is 9.29. The summed E-state index contributed by atoms with van der Waals surface area (Å²) in [5, 5.41) is 0. The lowest BCUT2D eigenvalue weighted by atomic mass is 10.1. The molecule has 1 aromatic rings. The lowest BCUT2D eigenvalue weighted by Gasteiger charge is -2.37. The van der Waals surface area contributed by atoms with Crippen LogP contribution in [0.1, 0.15) is 0 Å². The molecule has 1 rings (SSSR count). The van der Waals surface area contributed by atoms with Gasteiger partial charge in [-0.25, -0.2) is 8.42 Å². The number of benzene rings is 1. The molecule has 0 fully saturated rings. The Morgan fingerprint density at radius 2 is 1.38 bits per heavy atom. The van der Waals surface area contributed by atoms with Crippen molar-refractivity contribution in [3.05, 3.63) is 30.3 Å². The van der Waals surface area contributed by atoms with E-state index in [-0.39, 0.29) is 0 Å². The molecule has 0 saturated carbocycles. The van der Waals surface area contributed by atoms with Gasteiger partial charge in [0.25, 0.3) is 0 Å². The van der Waals surface area contributed by atoms with Gasteiger partial charge in [0.2, 0.25) is 0 Å². The van der Waals surface area contributed by atoms with E-state index in [0.29, 0.717) is 0 Å². The van der Waals surface area contributed by atoms with Crippen LogP contribution in [0.3, 0.4) is 0 Å². The summed E-state index contributed by atoms with van der Waals surface area (Å²) in [6, 6.07) is 4.99. The van der Waals surface area contributed by atoms with Crippen LogP contribution < -0.4 is 4.74 Å². The zero-order valence-electron chi connectivity index (χ0n) is 9.90. The van der Waals surface area contributed by atoms with Gasteiger partial charge in [0.1, 0.15) is 5.75 Å². The maximum Gasteiger partial charge on any atom is 0.438 e. The van der Waals surface area contributed by atoms with Gasteiger partial charge < -0.3 is 9.29 Å². The summed E-state index contributed by atoms with van der Waals surface area (Å²) in [7, 11) is -5.88. The molecule has 0 aromatic heterocycles. The van der Waals surface area contributed by atoms with Crippen molar-refractivity contribution < 1.29 is 44.0 Å². The number of halogens is 6. The zero-order chi connectivity index (χ0) is 16.5. The highest BCUT2D eigenvalue weighted by Gasteiger charge is 2.74. The molecule has 0 bridgehead atoms. The van der Waals surface area contributed by atoms with Crippen LogP contribution in [0.2, 0.25) is 0 Å². The number of ether oxygens (including phenoxy) is 1. The molecule has 0 aliphatic heterocycles. The van der Waals surface area contributed by atoms with E-state index >= 15 is 0 Å². The Morgan fingerprint density at radius 1 is 0.952 bits per heavy atom. The van der Waals surface area contributed by atoms with Crippen molar-refractivity contribution in [1.29, 1.82) is 0 Å². The van der Waals surface area contributed by atoms with E-state index in [0.717, 1.165) is 24.3 Å². The van der Waals surface area contributed by atoms with Crippen LogP contribution in [0.5, 0.6) is 5.75 Å². The van der Waals surface area contributed by atoms with Gasteiger partial charge in [-0.2, -0.15) is 26.3 Å². The number of hydrogen-bond donors (Lipinski definition) is 0. The van der Waals surface area contributed by atoms with Crippen LogP contribution in [-0.2, 0) is 10.1 Å². The van der Waals surface area contributed by atoms with Crippen LogP contribution in [0, 0.1) is 0 Å². The Labute approximate surface area is 115 Å². The average Bonchev–Trinajstić information content (AvgIpc) is 2.24. The van der Waals surface area contributed by atoms with Crippen LogP contribution in [0.25, 0.3) is 0 Å².